The number of guanidine groups is 1. The number of rotatable bonds is 5. The van der Waals surface area contributed by atoms with Gasteiger partial charge in [-0.1, -0.05) is 18.6 Å². The van der Waals surface area contributed by atoms with Crippen LogP contribution in [0.15, 0.2) is 29.3 Å². The van der Waals surface area contributed by atoms with E-state index >= 15 is 0 Å². The van der Waals surface area contributed by atoms with Gasteiger partial charge in [-0.05, 0) is 49.3 Å². The van der Waals surface area contributed by atoms with E-state index in [2.05, 4.69) is 15.2 Å². The van der Waals surface area contributed by atoms with E-state index in [0.29, 0.717) is 12.3 Å². The lowest BCUT2D eigenvalue weighted by molar-refractivity contribution is -0.119. The van der Waals surface area contributed by atoms with Gasteiger partial charge < -0.3 is 16.0 Å². The number of piperidine rings is 1. The Bertz CT molecular complexity index is 660. The third-order valence-electron chi connectivity index (χ3n) is 5.87. The van der Waals surface area contributed by atoms with Crippen LogP contribution in [0, 0.1) is 11.7 Å². The number of amides is 1. The van der Waals surface area contributed by atoms with E-state index in [1.165, 1.54) is 12.0 Å². The number of carbonyl (C=O) groups is 1. The summed E-state index contributed by atoms with van der Waals surface area (Å²) in [6, 6.07) is 6.90. The number of nitrogens with one attached hydrogen (secondary N) is 1. The number of benzene rings is 1. The zero-order chi connectivity index (χ0) is 18.6. The Balaban J connectivity index is 0.00000261. The topological polar surface area (TPSA) is 70.7 Å². The molecule has 1 saturated carbocycles. The molecule has 27 heavy (non-hydrogen) atoms. The van der Waals surface area contributed by atoms with Crippen LogP contribution in [-0.4, -0.2) is 43.4 Å². The van der Waals surface area contributed by atoms with Crippen LogP contribution in [0.4, 0.5) is 4.39 Å². The molecule has 0 radical (unpaired) electrons. The summed E-state index contributed by atoms with van der Waals surface area (Å²) in [5.74, 6) is 0.757. The first-order valence-electron chi connectivity index (χ1n) is 9.52. The van der Waals surface area contributed by atoms with Crippen molar-refractivity contribution in [2.45, 2.75) is 43.9 Å². The van der Waals surface area contributed by atoms with E-state index in [9.17, 15) is 9.18 Å². The Morgan fingerprint density at radius 2 is 2.04 bits per heavy atom. The molecule has 1 unspecified atom stereocenters. The fraction of sp³-hybridized carbons (Fsp3) is 0.600. The summed E-state index contributed by atoms with van der Waals surface area (Å²) in [5.41, 5.74) is 6.62. The predicted octanol–water partition coefficient (Wildman–Crippen LogP) is 3.03. The number of aliphatic imine (C=N–C) groups is 1. The number of likely N-dealkylation sites (tertiary alicyclic amines) is 1. The normalized spacial score (nSPS) is 21.8. The molecule has 5 nitrogen and oxygen atoms in total. The number of primary amides is 1. The summed E-state index contributed by atoms with van der Waals surface area (Å²) in [5, 5.41) is 3.53. The Labute approximate surface area is 178 Å². The van der Waals surface area contributed by atoms with Crippen molar-refractivity contribution in [2.24, 2.45) is 16.6 Å². The number of nitrogens with zero attached hydrogens (tertiary/aromatic N) is 2. The maximum Gasteiger partial charge on any atom is 0.217 e. The van der Waals surface area contributed by atoms with Crippen molar-refractivity contribution in [3.05, 3.63) is 35.6 Å². The van der Waals surface area contributed by atoms with Gasteiger partial charge >= 0.3 is 0 Å². The van der Waals surface area contributed by atoms with Gasteiger partial charge in [-0.15, -0.1) is 24.0 Å². The molecule has 1 aromatic rings. The number of hydrogen-bond acceptors (Lipinski definition) is 2. The van der Waals surface area contributed by atoms with Crippen molar-refractivity contribution < 1.29 is 9.18 Å². The molecular formula is C20H30FIN4O. The standard InChI is InChI=1S/C20H29FN4O.HI/c1-23-19(25-11-2-4-15(13-25)12-18(22)26)24-14-20(9-3-10-20)16-5-7-17(21)8-6-16;/h5-8,15H,2-4,9-14H2,1H3,(H2,22,26)(H,23,24);1H. The quantitative estimate of drug-likeness (QED) is 0.381. The third kappa shape index (κ3) is 5.33. The van der Waals surface area contributed by atoms with Crippen LogP contribution in [0.1, 0.15) is 44.1 Å². The summed E-state index contributed by atoms with van der Waals surface area (Å²) in [6.07, 6.45) is 5.92. The van der Waals surface area contributed by atoms with Crippen LogP contribution in [0.3, 0.4) is 0 Å². The average Bonchev–Trinajstić information content (AvgIpc) is 2.58. The molecule has 1 amide bonds. The summed E-state index contributed by atoms with van der Waals surface area (Å²) in [4.78, 5) is 17.9. The molecule has 3 rings (SSSR count). The van der Waals surface area contributed by atoms with Gasteiger partial charge in [-0.2, -0.15) is 0 Å². The molecule has 3 N–H and O–H groups in total. The highest BCUT2D eigenvalue weighted by Crippen LogP contribution is 2.43. The molecule has 7 heteroatoms. The van der Waals surface area contributed by atoms with Gasteiger partial charge in [0.2, 0.25) is 5.91 Å². The largest absolute Gasteiger partial charge is 0.370 e. The summed E-state index contributed by atoms with van der Waals surface area (Å²) in [7, 11) is 1.80. The highest BCUT2D eigenvalue weighted by Gasteiger charge is 2.39. The second-order valence-electron chi connectivity index (χ2n) is 7.67. The van der Waals surface area contributed by atoms with Gasteiger partial charge in [0, 0.05) is 38.5 Å². The molecule has 1 aliphatic carbocycles. The van der Waals surface area contributed by atoms with Gasteiger partial charge in [0.25, 0.3) is 0 Å². The fourth-order valence-electron chi connectivity index (χ4n) is 4.26. The Hall–Kier alpha value is -1.38. The third-order valence-corrected chi connectivity index (χ3v) is 5.87. The lowest BCUT2D eigenvalue weighted by Gasteiger charge is -2.44. The van der Waals surface area contributed by atoms with E-state index < -0.39 is 0 Å². The smallest absolute Gasteiger partial charge is 0.217 e. The molecular weight excluding hydrogens is 458 g/mol. The highest BCUT2D eigenvalue weighted by atomic mass is 127. The Morgan fingerprint density at radius 3 is 2.59 bits per heavy atom. The number of halogens is 2. The lowest BCUT2D eigenvalue weighted by Crippen LogP contribution is -2.52. The molecule has 1 heterocycles. The zero-order valence-corrected chi connectivity index (χ0v) is 18.2. The van der Waals surface area contributed by atoms with Crippen LogP contribution >= 0.6 is 24.0 Å². The van der Waals surface area contributed by atoms with E-state index in [4.69, 9.17) is 5.73 Å². The molecule has 0 spiro atoms. The molecule has 0 bridgehead atoms. The van der Waals surface area contributed by atoms with Crippen LogP contribution in [0.5, 0.6) is 0 Å². The van der Waals surface area contributed by atoms with Crippen LogP contribution < -0.4 is 11.1 Å². The zero-order valence-electron chi connectivity index (χ0n) is 15.9. The monoisotopic (exact) mass is 488 g/mol. The number of nitrogens with two attached hydrogens (primary N) is 1. The van der Waals surface area contributed by atoms with Gasteiger partial charge in [0.05, 0.1) is 0 Å². The first kappa shape index (κ1) is 21.9. The second kappa shape index (κ2) is 9.71. The van der Waals surface area contributed by atoms with Crippen molar-refractivity contribution in [3.63, 3.8) is 0 Å². The predicted molar refractivity (Wildman–Crippen MR) is 117 cm³/mol. The van der Waals surface area contributed by atoms with Crippen LogP contribution in [0.2, 0.25) is 0 Å². The van der Waals surface area contributed by atoms with E-state index in [0.717, 1.165) is 51.3 Å². The maximum absolute atomic E-state index is 13.3. The fourth-order valence-corrected chi connectivity index (χ4v) is 4.26. The highest BCUT2D eigenvalue weighted by molar-refractivity contribution is 14.0. The van der Waals surface area contributed by atoms with Gasteiger partial charge in [0.15, 0.2) is 5.96 Å². The summed E-state index contributed by atoms with van der Waals surface area (Å²) in [6.45, 7) is 2.55. The molecule has 2 aliphatic rings. The van der Waals surface area contributed by atoms with Crippen molar-refractivity contribution in [2.75, 3.05) is 26.7 Å². The Kier molecular flexibility index (Phi) is 7.88. The first-order valence-corrected chi connectivity index (χ1v) is 9.52. The first-order chi connectivity index (χ1) is 12.5. The van der Waals surface area contributed by atoms with Gasteiger partial charge in [-0.3, -0.25) is 9.79 Å². The number of hydrogen-bond donors (Lipinski definition) is 2. The summed E-state index contributed by atoms with van der Waals surface area (Å²) < 4.78 is 13.3. The summed E-state index contributed by atoms with van der Waals surface area (Å²) >= 11 is 0. The van der Waals surface area contributed by atoms with Crippen molar-refractivity contribution in [3.8, 4) is 0 Å². The molecule has 2 fully saturated rings. The molecule has 150 valence electrons. The minimum Gasteiger partial charge on any atom is -0.370 e. The van der Waals surface area contributed by atoms with Gasteiger partial charge in [-0.25, -0.2) is 4.39 Å². The molecule has 1 aliphatic heterocycles. The van der Waals surface area contributed by atoms with Crippen LogP contribution in [-0.2, 0) is 10.2 Å². The molecule has 1 saturated heterocycles. The SMILES string of the molecule is CN=C(NCC1(c2ccc(F)cc2)CCC1)N1CCCC(CC(N)=O)C1.I. The Morgan fingerprint density at radius 1 is 1.33 bits per heavy atom. The van der Waals surface area contributed by atoms with Crippen molar-refractivity contribution in [1.82, 2.24) is 10.2 Å². The maximum atomic E-state index is 13.3. The average molecular weight is 488 g/mol. The van der Waals surface area contributed by atoms with E-state index in [-0.39, 0.29) is 41.1 Å². The second-order valence-corrected chi connectivity index (χ2v) is 7.67. The number of carbonyl (C=O) groups excluding carboxylic acids is 1. The molecule has 0 aromatic heterocycles. The van der Waals surface area contributed by atoms with Crippen molar-refractivity contribution in [1.29, 1.82) is 0 Å². The minimum absolute atomic E-state index is 0. The van der Waals surface area contributed by atoms with E-state index in [1.807, 2.05) is 12.1 Å². The van der Waals surface area contributed by atoms with Gasteiger partial charge in [0.1, 0.15) is 5.82 Å². The minimum atomic E-state index is -0.232. The van der Waals surface area contributed by atoms with Crippen LogP contribution in [0.25, 0.3) is 0 Å². The van der Waals surface area contributed by atoms with Crippen molar-refractivity contribution >= 4 is 35.8 Å². The lowest BCUT2D eigenvalue weighted by atomic mass is 9.64. The molecule has 1 atom stereocenters. The van der Waals surface area contributed by atoms with E-state index in [1.54, 1.807) is 19.2 Å². The molecule has 1 aromatic carbocycles.